The Morgan fingerprint density at radius 2 is 1.26 bits per heavy atom. The van der Waals surface area contributed by atoms with Gasteiger partial charge in [-0.3, -0.25) is 4.79 Å². The summed E-state index contributed by atoms with van der Waals surface area (Å²) < 4.78 is 39.6. The molecule has 0 spiro atoms. The van der Waals surface area contributed by atoms with Gasteiger partial charge >= 0.3 is 0 Å². The van der Waals surface area contributed by atoms with Crippen LogP contribution in [-0.2, 0) is 23.7 Å². The van der Waals surface area contributed by atoms with Gasteiger partial charge in [-0.15, -0.1) is 0 Å². The van der Waals surface area contributed by atoms with Crippen LogP contribution in [0.25, 0.3) is 0 Å². The van der Waals surface area contributed by atoms with Gasteiger partial charge in [0.1, 0.15) is 95.7 Å². The molecule has 12 N–H and O–H groups in total. The maximum Gasteiger partial charge on any atom is 0.229 e. The highest BCUT2D eigenvalue weighted by molar-refractivity contribution is 6.05. The molecule has 0 bridgehead atoms. The molecule has 0 saturated carbocycles. The third-order valence-corrected chi connectivity index (χ3v) is 9.59. The number of Topliss-reactive ketones (excluding diaryl/α,β-unsaturated/α-hetero) is 1. The second-order valence-corrected chi connectivity index (χ2v) is 13.2. The van der Waals surface area contributed by atoms with Gasteiger partial charge in [0.25, 0.3) is 0 Å². The van der Waals surface area contributed by atoms with Gasteiger partial charge in [-0.25, -0.2) is 0 Å². The van der Waals surface area contributed by atoms with E-state index in [1.165, 1.54) is 31.2 Å². The van der Waals surface area contributed by atoms with Crippen molar-refractivity contribution in [3.63, 3.8) is 0 Å². The largest absolute Gasteiger partial charge is 0.508 e. The lowest BCUT2D eigenvalue weighted by Crippen LogP contribution is -2.62. The average Bonchev–Trinajstić information content (AvgIpc) is 3.13. The van der Waals surface area contributed by atoms with Gasteiger partial charge in [0.2, 0.25) is 12.1 Å². The number of ether oxygens (including phenoxy) is 7. The standard InChI is InChI=1S/C33H42O20/c1-10-19(37)23(41)26(44)31(48-10)47-9-17-21(39)25(43)28(46)33(52-17)53-30-22(40)18-14(36)6-12(35)7-15(18)50-29(30)11-2-4-13(5-3-11)49-32-27(45)24(42)20(38)16(8-34)51-32/h2-7,10,16-17,19-21,23-39,41-46H,8-9H2,1H3/t10-,16+,17+,19-,20+,21+,23+,24-,25-,26+,27+,28+,29-,30-,31+,32+,33-/m0/s1. The first kappa shape index (κ1) is 39.4. The fourth-order valence-corrected chi connectivity index (χ4v) is 6.47. The van der Waals surface area contributed by atoms with E-state index in [1.807, 2.05) is 0 Å². The van der Waals surface area contributed by atoms with Gasteiger partial charge in [0.15, 0.2) is 24.8 Å². The Morgan fingerprint density at radius 1 is 0.679 bits per heavy atom. The zero-order valence-corrected chi connectivity index (χ0v) is 27.8. The highest BCUT2D eigenvalue weighted by Gasteiger charge is 2.51. The maximum absolute atomic E-state index is 13.9. The Morgan fingerprint density at radius 3 is 1.92 bits per heavy atom. The Kier molecular flexibility index (Phi) is 11.8. The molecular formula is C33H42O20. The van der Waals surface area contributed by atoms with Crippen LogP contribution >= 0.6 is 0 Å². The quantitative estimate of drug-likeness (QED) is 0.115. The van der Waals surface area contributed by atoms with E-state index >= 15 is 0 Å². The van der Waals surface area contributed by atoms with Crippen molar-refractivity contribution in [1.82, 2.24) is 0 Å². The molecule has 20 heteroatoms. The molecule has 4 aliphatic rings. The van der Waals surface area contributed by atoms with Crippen LogP contribution in [0.5, 0.6) is 23.0 Å². The van der Waals surface area contributed by atoms with Crippen molar-refractivity contribution in [3.8, 4) is 23.0 Å². The summed E-state index contributed by atoms with van der Waals surface area (Å²) in [6, 6.07) is 7.47. The maximum atomic E-state index is 13.9. The van der Waals surface area contributed by atoms with E-state index in [0.29, 0.717) is 0 Å². The van der Waals surface area contributed by atoms with E-state index < -0.39 is 140 Å². The second-order valence-electron chi connectivity index (χ2n) is 13.2. The molecule has 4 aliphatic heterocycles. The molecule has 0 amide bonds. The minimum Gasteiger partial charge on any atom is -0.508 e. The minimum atomic E-state index is -1.97. The minimum absolute atomic E-state index is 0.0582. The molecule has 20 nitrogen and oxygen atoms in total. The van der Waals surface area contributed by atoms with Crippen LogP contribution in [0.15, 0.2) is 36.4 Å². The SMILES string of the molecule is C[C@@H]1O[C@@H](OC[C@H]2O[C@@H](O[C@H]3C(=O)c4c(O)cc(O)cc4O[C@H]3c3ccc(O[C@@H]4O[C@H](CO)[C@@H](O)[C@H](O)[C@H]4O)cc3)[C@H](O)[C@@H](O)[C@@H]2O)[C@H](O)[C@H](O)[C@H]1O. The molecule has 294 valence electrons. The summed E-state index contributed by atoms with van der Waals surface area (Å²) in [6.45, 7) is 0.129. The van der Waals surface area contributed by atoms with Gasteiger partial charge in [-0.2, -0.15) is 0 Å². The third kappa shape index (κ3) is 7.67. The van der Waals surface area contributed by atoms with Crippen LogP contribution in [0.1, 0.15) is 28.9 Å². The van der Waals surface area contributed by atoms with Gasteiger partial charge < -0.3 is 94.4 Å². The number of carbonyl (C=O) groups is 1. The molecule has 2 aromatic carbocycles. The number of aromatic hydroxyl groups is 2. The molecule has 3 saturated heterocycles. The first-order valence-electron chi connectivity index (χ1n) is 16.6. The van der Waals surface area contributed by atoms with Gasteiger partial charge in [-0.1, -0.05) is 12.1 Å². The molecule has 3 fully saturated rings. The third-order valence-electron chi connectivity index (χ3n) is 9.59. The number of phenolic OH excluding ortho intramolecular Hbond substituents is 2. The monoisotopic (exact) mass is 758 g/mol. The number of hydrogen-bond donors (Lipinski definition) is 12. The molecule has 4 heterocycles. The predicted octanol–water partition coefficient (Wildman–Crippen LogP) is -4.37. The lowest BCUT2D eigenvalue weighted by Gasteiger charge is -2.44. The average molecular weight is 759 g/mol. The summed E-state index contributed by atoms with van der Waals surface area (Å²) in [5, 5.41) is 123. The molecule has 6 rings (SSSR count). The number of rotatable bonds is 9. The van der Waals surface area contributed by atoms with Gasteiger partial charge in [-0.05, 0) is 24.6 Å². The van der Waals surface area contributed by atoms with Crippen molar-refractivity contribution in [2.75, 3.05) is 13.2 Å². The molecular weight excluding hydrogens is 716 g/mol. The Hall–Kier alpha value is -3.29. The van der Waals surface area contributed by atoms with E-state index in [9.17, 15) is 66.1 Å². The van der Waals surface area contributed by atoms with Crippen molar-refractivity contribution >= 4 is 5.78 Å². The number of ketones is 1. The Balaban J connectivity index is 1.23. The summed E-state index contributed by atoms with van der Waals surface area (Å²) in [5.74, 6) is -2.19. The predicted molar refractivity (Wildman–Crippen MR) is 168 cm³/mol. The Bertz CT molecular complexity index is 1570. The lowest BCUT2D eigenvalue weighted by atomic mass is 9.92. The highest BCUT2D eigenvalue weighted by atomic mass is 16.7. The van der Waals surface area contributed by atoms with Crippen molar-refractivity contribution in [2.24, 2.45) is 0 Å². The van der Waals surface area contributed by atoms with Gasteiger partial charge in [0, 0.05) is 12.1 Å². The van der Waals surface area contributed by atoms with E-state index in [2.05, 4.69) is 0 Å². The number of hydrogen-bond acceptors (Lipinski definition) is 20. The Labute approximate surface area is 300 Å². The van der Waals surface area contributed by atoms with E-state index in [-0.39, 0.29) is 17.1 Å². The van der Waals surface area contributed by atoms with Crippen LogP contribution in [0.4, 0.5) is 0 Å². The van der Waals surface area contributed by atoms with Gasteiger partial charge in [0.05, 0.1) is 19.3 Å². The topological polar surface area (TPSA) is 324 Å². The van der Waals surface area contributed by atoms with Crippen molar-refractivity contribution in [3.05, 3.63) is 47.5 Å². The fraction of sp³-hybridized carbons (Fsp3) is 0.606. The zero-order valence-electron chi connectivity index (χ0n) is 27.8. The first-order chi connectivity index (χ1) is 25.1. The number of aliphatic hydroxyl groups excluding tert-OH is 10. The van der Waals surface area contributed by atoms with Crippen LogP contribution in [0.2, 0.25) is 0 Å². The van der Waals surface area contributed by atoms with Crippen LogP contribution in [-0.4, -0.2) is 178 Å². The van der Waals surface area contributed by atoms with Crippen LogP contribution in [0.3, 0.4) is 0 Å². The normalized spacial score (nSPS) is 41.7. The molecule has 17 atom stereocenters. The lowest BCUT2D eigenvalue weighted by molar-refractivity contribution is -0.333. The molecule has 53 heavy (non-hydrogen) atoms. The number of benzene rings is 2. The summed E-state index contributed by atoms with van der Waals surface area (Å²) in [6.07, 6.45) is -27.1. The molecule has 0 radical (unpaired) electrons. The molecule has 0 aliphatic carbocycles. The summed E-state index contributed by atoms with van der Waals surface area (Å²) >= 11 is 0. The fourth-order valence-electron chi connectivity index (χ4n) is 6.47. The first-order valence-corrected chi connectivity index (χ1v) is 16.6. The number of carbonyl (C=O) groups excluding carboxylic acids is 1. The summed E-state index contributed by atoms with van der Waals surface area (Å²) in [5.41, 5.74) is -0.183. The number of phenols is 2. The van der Waals surface area contributed by atoms with E-state index in [4.69, 9.17) is 33.2 Å². The van der Waals surface area contributed by atoms with E-state index in [1.54, 1.807) is 0 Å². The molecule has 0 aromatic heterocycles. The van der Waals surface area contributed by atoms with Crippen molar-refractivity contribution < 1.29 is 99.2 Å². The second kappa shape index (κ2) is 15.8. The molecule has 0 unspecified atom stereocenters. The van der Waals surface area contributed by atoms with E-state index in [0.717, 1.165) is 12.1 Å². The zero-order chi connectivity index (χ0) is 38.5. The van der Waals surface area contributed by atoms with Crippen LogP contribution in [0, 0.1) is 0 Å². The molecule has 2 aromatic rings. The van der Waals surface area contributed by atoms with Crippen molar-refractivity contribution in [1.29, 1.82) is 0 Å². The van der Waals surface area contributed by atoms with Crippen molar-refractivity contribution in [2.45, 2.75) is 111 Å². The number of aliphatic hydroxyl groups is 10. The number of fused-ring (bicyclic) bond motifs is 1. The summed E-state index contributed by atoms with van der Waals surface area (Å²) in [4.78, 5) is 13.9. The highest BCUT2D eigenvalue weighted by Crippen LogP contribution is 2.44. The smallest absolute Gasteiger partial charge is 0.229 e. The summed E-state index contributed by atoms with van der Waals surface area (Å²) in [7, 11) is 0. The van der Waals surface area contributed by atoms with Crippen LogP contribution < -0.4 is 9.47 Å².